The quantitative estimate of drug-likeness (QED) is 0.233. The Kier molecular flexibility index (Phi) is 6.95. The van der Waals surface area contributed by atoms with Crippen LogP contribution in [0, 0.1) is 0 Å². The molecule has 2 saturated heterocycles. The number of nitrogens with zero attached hydrogens (tertiary/aromatic N) is 2. The average Bonchev–Trinajstić information content (AvgIpc) is 2.76. The fourth-order valence-corrected chi connectivity index (χ4v) is 2.30. The minimum atomic E-state index is -6.09. The molecule has 16 heteroatoms. The summed E-state index contributed by atoms with van der Waals surface area (Å²) in [6, 6.07) is 0. The smallest absolute Gasteiger partial charge is 0.485 e. The van der Waals surface area contributed by atoms with E-state index in [1.165, 1.54) is 41.8 Å². The summed E-state index contributed by atoms with van der Waals surface area (Å²) >= 11 is 0. The van der Waals surface area contributed by atoms with Crippen LogP contribution in [0.5, 0.6) is 0 Å². The van der Waals surface area contributed by atoms with Crippen molar-refractivity contribution in [1.29, 1.82) is 0 Å². The average molecular weight is 425 g/mol. The highest BCUT2D eigenvalue weighted by Gasteiger charge is 2.50. The number of alkyl halides is 6. The van der Waals surface area contributed by atoms with E-state index in [4.69, 9.17) is 25.9 Å². The molecule has 2 bridgehead atoms. The van der Waals surface area contributed by atoms with E-state index in [9.17, 15) is 26.3 Å². The van der Waals surface area contributed by atoms with Gasteiger partial charge in [-0.25, -0.2) is 16.8 Å². The molecule has 25 heavy (non-hydrogen) atoms. The topological polar surface area (TPSA) is 114 Å². The molecule has 2 aliphatic rings. The van der Waals surface area contributed by atoms with Gasteiger partial charge in [-0.2, -0.15) is 26.3 Å². The molecule has 0 aromatic carbocycles. The lowest BCUT2D eigenvalue weighted by atomic mass is 10.3. The van der Waals surface area contributed by atoms with Crippen molar-refractivity contribution in [3.63, 3.8) is 0 Å². The minimum absolute atomic E-state index is 1.34. The maximum Gasteiger partial charge on any atom is 0.485 e. The molecule has 0 atom stereocenters. The zero-order valence-electron chi connectivity index (χ0n) is 13.0. The van der Waals surface area contributed by atoms with Crippen LogP contribution in [0.3, 0.4) is 0 Å². The summed E-state index contributed by atoms with van der Waals surface area (Å²) in [6.07, 6.45) is 0. The molecule has 2 rings (SSSR count). The number of hydrogen-bond donors (Lipinski definition) is 0. The van der Waals surface area contributed by atoms with Crippen molar-refractivity contribution < 1.29 is 61.2 Å². The second kappa shape index (κ2) is 7.15. The summed E-state index contributed by atoms with van der Waals surface area (Å²) in [5, 5.41) is 0. The lowest BCUT2D eigenvalue weighted by Crippen LogP contribution is -2.42. The number of rotatable bonds is 0. The summed E-state index contributed by atoms with van der Waals surface area (Å²) in [5.74, 6) is 0. The third-order valence-electron chi connectivity index (χ3n) is 3.61. The molecule has 0 aromatic heterocycles. The summed E-state index contributed by atoms with van der Waals surface area (Å²) < 4.78 is 120. The SMILES string of the molecule is C[N+]12CC[N+]([11CH3])(CC1)C2.O=S(=O)([O-])C(F)(F)F.O=S(=O)([O-])C(F)(F)F. The number of hydrogen-bond acceptors (Lipinski definition) is 6. The normalized spacial score (nSPS) is 29.4. The van der Waals surface area contributed by atoms with Crippen LogP contribution in [-0.4, -0.2) is 92.9 Å². The second-order valence-corrected chi connectivity index (χ2v) is 8.82. The van der Waals surface area contributed by atoms with Gasteiger partial charge in [-0.15, -0.1) is 0 Å². The molecule has 0 aromatic rings. The standard InChI is InChI=1S/C7H16N2.2CHF3O3S/c1-8-3-5-9(2,7-8)6-4-8;2*2-1(3,4)8(5,6)7/h3-7H2,1-2H3;2*(H,5,6,7)/q+2;;/p-2/i1-1;;. The molecule has 2 fully saturated rings. The molecule has 0 radical (unpaired) electrons. The first-order chi connectivity index (χ1) is 10.6. The lowest BCUT2D eigenvalue weighted by Gasteiger charge is -2.20. The first-order valence-corrected chi connectivity index (χ1v) is 9.15. The van der Waals surface area contributed by atoms with Gasteiger partial charge < -0.3 is 9.11 Å². The highest BCUT2D eigenvalue weighted by molar-refractivity contribution is 7.86. The lowest BCUT2D eigenvalue weighted by molar-refractivity contribution is -0.968. The van der Waals surface area contributed by atoms with Gasteiger partial charge in [-0.05, 0) is 0 Å². The van der Waals surface area contributed by atoms with Crippen molar-refractivity contribution in [2.75, 3.05) is 46.9 Å². The van der Waals surface area contributed by atoms with Crippen LogP contribution in [0.25, 0.3) is 0 Å². The highest BCUT2D eigenvalue weighted by Crippen LogP contribution is 2.26. The van der Waals surface area contributed by atoms with E-state index in [1.807, 2.05) is 0 Å². The number of quaternary nitrogens is 2. The molecule has 0 saturated carbocycles. The third-order valence-corrected chi connectivity index (χ3v) is 4.74. The van der Waals surface area contributed by atoms with Gasteiger partial charge in [-0.1, -0.05) is 0 Å². The molecule has 152 valence electrons. The number of likely N-dealkylation sites (N-methyl/N-ethyl adjacent to an activating group) is 2. The Balaban J connectivity index is 0.000000348. The van der Waals surface area contributed by atoms with Gasteiger partial charge in [0.25, 0.3) is 0 Å². The molecule has 2 aliphatic heterocycles. The molecule has 0 N–H and O–H groups in total. The van der Waals surface area contributed by atoms with Gasteiger partial charge >= 0.3 is 11.0 Å². The Morgan fingerprint density at radius 1 is 0.680 bits per heavy atom. The van der Waals surface area contributed by atoms with Crippen LogP contribution in [0.15, 0.2) is 0 Å². The summed E-state index contributed by atoms with van der Waals surface area (Å²) in [5.41, 5.74) is -11.3. The summed E-state index contributed by atoms with van der Waals surface area (Å²) in [6.45, 7) is 7.04. The van der Waals surface area contributed by atoms with Crippen molar-refractivity contribution in [3.05, 3.63) is 0 Å². The Bertz CT molecular complexity index is 606. The van der Waals surface area contributed by atoms with Crippen LogP contribution in [0.1, 0.15) is 0 Å². The van der Waals surface area contributed by atoms with Crippen LogP contribution in [-0.2, 0) is 20.2 Å². The van der Waals surface area contributed by atoms with Crippen molar-refractivity contribution in [2.24, 2.45) is 0 Å². The molecule has 2 heterocycles. The summed E-state index contributed by atoms with van der Waals surface area (Å²) in [4.78, 5) is 0. The zero-order chi connectivity index (χ0) is 20.5. The van der Waals surface area contributed by atoms with Gasteiger partial charge in [0.15, 0.2) is 20.2 Å². The van der Waals surface area contributed by atoms with Crippen molar-refractivity contribution in [1.82, 2.24) is 0 Å². The Labute approximate surface area is 140 Å². The Hall–Kier alpha value is -0.680. The molecule has 0 spiro atoms. The third kappa shape index (κ3) is 7.61. The first kappa shape index (κ1) is 24.3. The van der Waals surface area contributed by atoms with Crippen molar-refractivity contribution in [3.8, 4) is 0 Å². The van der Waals surface area contributed by atoms with E-state index in [-0.39, 0.29) is 0 Å². The van der Waals surface area contributed by atoms with Crippen LogP contribution in [0.4, 0.5) is 26.3 Å². The van der Waals surface area contributed by atoms with Gasteiger partial charge in [-0.3, -0.25) is 8.97 Å². The summed E-state index contributed by atoms with van der Waals surface area (Å²) in [7, 11) is -7.41. The van der Waals surface area contributed by atoms with Crippen LogP contribution < -0.4 is 0 Å². The van der Waals surface area contributed by atoms with E-state index in [2.05, 4.69) is 14.1 Å². The highest BCUT2D eigenvalue weighted by atomic mass is 32.2. The van der Waals surface area contributed by atoms with Gasteiger partial charge in [0.05, 0.1) is 14.1 Å². The maximum atomic E-state index is 10.7. The fourth-order valence-electron chi connectivity index (χ4n) is 2.30. The number of halogens is 6. The molecule has 0 amide bonds. The van der Waals surface area contributed by atoms with E-state index in [0.717, 1.165) is 0 Å². The van der Waals surface area contributed by atoms with E-state index in [0.29, 0.717) is 0 Å². The fraction of sp³-hybridized carbons (Fsp3) is 1.00. The largest absolute Gasteiger partial charge is 0.741 e. The number of piperazine rings is 1. The molecule has 0 unspecified atom stereocenters. The Morgan fingerprint density at radius 2 is 0.840 bits per heavy atom. The van der Waals surface area contributed by atoms with Crippen LogP contribution >= 0.6 is 0 Å². The predicted octanol–water partition coefficient (Wildman–Crippen LogP) is -0.0329. The monoisotopic (exact) mass is 425 g/mol. The Morgan fingerprint density at radius 3 is 0.880 bits per heavy atom. The maximum absolute atomic E-state index is 10.7. The first-order valence-electron chi connectivity index (χ1n) is 6.33. The van der Waals surface area contributed by atoms with Gasteiger partial charge in [0, 0.05) is 0 Å². The van der Waals surface area contributed by atoms with E-state index in [1.54, 1.807) is 0 Å². The van der Waals surface area contributed by atoms with Crippen molar-refractivity contribution in [2.45, 2.75) is 11.0 Å². The molecule has 8 nitrogen and oxygen atoms in total. The molecule has 0 aliphatic carbocycles. The minimum Gasteiger partial charge on any atom is -0.741 e. The van der Waals surface area contributed by atoms with Crippen LogP contribution in [0.2, 0.25) is 0 Å². The zero-order valence-corrected chi connectivity index (χ0v) is 14.6. The number of fused-ring (bicyclic) bond motifs is 2. The van der Waals surface area contributed by atoms with Gasteiger partial charge in [0.1, 0.15) is 26.2 Å². The van der Waals surface area contributed by atoms with E-state index < -0.39 is 31.3 Å². The molecular formula is C9H16F6N2O6S2. The van der Waals surface area contributed by atoms with Gasteiger partial charge in [0.2, 0.25) is 6.67 Å². The molecular weight excluding hydrogens is 409 g/mol. The second-order valence-electron chi connectivity index (χ2n) is 6.07. The van der Waals surface area contributed by atoms with E-state index >= 15 is 0 Å². The predicted molar refractivity (Wildman–Crippen MR) is 68.2 cm³/mol. The van der Waals surface area contributed by atoms with Crippen molar-refractivity contribution >= 4 is 20.2 Å².